The van der Waals surface area contributed by atoms with E-state index >= 15 is 0 Å². The number of nitrogens with zero attached hydrogens (tertiary/aromatic N) is 2. The molecule has 1 aromatic carbocycles. The molecule has 0 unspecified atom stereocenters. The third kappa shape index (κ3) is 3.17. The van der Waals surface area contributed by atoms with Crippen molar-refractivity contribution in [3.8, 4) is 0 Å². The van der Waals surface area contributed by atoms with Crippen molar-refractivity contribution in [2.24, 2.45) is 5.92 Å². The number of morpholine rings is 1. The summed E-state index contributed by atoms with van der Waals surface area (Å²) >= 11 is 1.66. The fourth-order valence-corrected chi connectivity index (χ4v) is 3.92. The summed E-state index contributed by atoms with van der Waals surface area (Å²) in [5.41, 5.74) is 1.80. The third-order valence-corrected chi connectivity index (χ3v) is 5.31. The van der Waals surface area contributed by atoms with E-state index in [2.05, 4.69) is 10.2 Å². The quantitative estimate of drug-likeness (QED) is 0.932. The van der Waals surface area contributed by atoms with Crippen molar-refractivity contribution >= 4 is 38.3 Å². The lowest BCUT2D eigenvalue weighted by Crippen LogP contribution is -2.36. The van der Waals surface area contributed by atoms with Crippen LogP contribution in [0.3, 0.4) is 0 Å². The highest BCUT2D eigenvalue weighted by atomic mass is 32.1. The molecule has 1 N–H and O–H groups in total. The summed E-state index contributed by atoms with van der Waals surface area (Å²) in [5, 5.41) is 4.02. The summed E-state index contributed by atoms with van der Waals surface area (Å²) < 4.78 is 11.7. The minimum absolute atomic E-state index is 0.0314. The molecule has 2 saturated heterocycles. The van der Waals surface area contributed by atoms with Gasteiger partial charge in [0.15, 0.2) is 5.13 Å². The van der Waals surface area contributed by atoms with Crippen LogP contribution in [-0.2, 0) is 14.3 Å². The monoisotopic (exact) mass is 333 g/mol. The second-order valence-electron chi connectivity index (χ2n) is 5.83. The van der Waals surface area contributed by atoms with E-state index in [4.69, 9.17) is 14.5 Å². The second kappa shape index (κ2) is 6.43. The SMILES string of the molecule is O=C(Nc1ccc2nc(N3CCOCC3)sc2c1)[C@H]1CCOC1. The van der Waals surface area contributed by atoms with E-state index in [1.807, 2.05) is 18.2 Å². The Morgan fingerprint density at radius 1 is 1.26 bits per heavy atom. The molecule has 2 fully saturated rings. The molecule has 122 valence electrons. The van der Waals surface area contributed by atoms with Crippen LogP contribution in [0.4, 0.5) is 10.8 Å². The fraction of sp³-hybridized carbons (Fsp3) is 0.500. The molecular weight excluding hydrogens is 314 g/mol. The Balaban J connectivity index is 1.51. The van der Waals surface area contributed by atoms with E-state index < -0.39 is 0 Å². The molecule has 7 heteroatoms. The summed E-state index contributed by atoms with van der Waals surface area (Å²) in [4.78, 5) is 19.1. The van der Waals surface area contributed by atoms with E-state index in [0.717, 1.165) is 53.8 Å². The molecule has 1 amide bonds. The Labute approximate surface area is 138 Å². The first-order valence-electron chi connectivity index (χ1n) is 7.91. The minimum atomic E-state index is -0.0314. The first-order valence-corrected chi connectivity index (χ1v) is 8.73. The molecule has 0 bridgehead atoms. The Kier molecular flexibility index (Phi) is 4.15. The summed E-state index contributed by atoms with van der Waals surface area (Å²) in [7, 11) is 0. The van der Waals surface area contributed by atoms with Crippen molar-refractivity contribution in [1.82, 2.24) is 4.98 Å². The Bertz CT molecular complexity index is 706. The van der Waals surface area contributed by atoms with Gasteiger partial charge in [-0.3, -0.25) is 4.79 Å². The third-order valence-electron chi connectivity index (χ3n) is 4.23. The predicted octanol–water partition coefficient (Wildman–Crippen LogP) is 2.11. The average Bonchev–Trinajstić information content (AvgIpc) is 3.25. The molecule has 0 aliphatic carbocycles. The van der Waals surface area contributed by atoms with Gasteiger partial charge in [-0.05, 0) is 24.6 Å². The highest BCUT2D eigenvalue weighted by molar-refractivity contribution is 7.22. The van der Waals surface area contributed by atoms with Crippen LogP contribution in [-0.4, -0.2) is 50.4 Å². The topological polar surface area (TPSA) is 63.7 Å². The summed E-state index contributed by atoms with van der Waals surface area (Å²) in [6.07, 6.45) is 0.801. The fourth-order valence-electron chi connectivity index (χ4n) is 2.87. The highest BCUT2D eigenvalue weighted by Gasteiger charge is 2.23. The number of amides is 1. The molecule has 23 heavy (non-hydrogen) atoms. The van der Waals surface area contributed by atoms with Gasteiger partial charge in [0.2, 0.25) is 5.91 Å². The van der Waals surface area contributed by atoms with E-state index in [0.29, 0.717) is 13.2 Å². The van der Waals surface area contributed by atoms with Crippen LogP contribution in [0.15, 0.2) is 18.2 Å². The standard InChI is InChI=1S/C16H19N3O3S/c20-15(11-3-6-22-10-11)17-12-1-2-13-14(9-12)23-16(18-13)19-4-7-21-8-5-19/h1-2,9,11H,3-8,10H2,(H,17,20)/t11-/m0/s1. The number of carbonyl (C=O) groups excluding carboxylic acids is 1. The van der Waals surface area contributed by atoms with Crippen molar-refractivity contribution in [3.63, 3.8) is 0 Å². The Hall–Kier alpha value is -1.70. The maximum atomic E-state index is 12.2. The van der Waals surface area contributed by atoms with Gasteiger partial charge in [-0.25, -0.2) is 4.98 Å². The lowest BCUT2D eigenvalue weighted by atomic mass is 10.1. The van der Waals surface area contributed by atoms with Crippen molar-refractivity contribution < 1.29 is 14.3 Å². The molecule has 0 radical (unpaired) electrons. The van der Waals surface area contributed by atoms with Gasteiger partial charge in [0.25, 0.3) is 0 Å². The zero-order chi connectivity index (χ0) is 15.6. The summed E-state index contributed by atoms with van der Waals surface area (Å²) in [5.74, 6) is 0.0100. The lowest BCUT2D eigenvalue weighted by Gasteiger charge is -2.25. The van der Waals surface area contributed by atoms with Gasteiger partial charge in [0.1, 0.15) is 0 Å². The van der Waals surface area contributed by atoms with Gasteiger partial charge < -0.3 is 19.7 Å². The number of rotatable bonds is 3. The molecule has 2 aliphatic rings. The number of ether oxygens (including phenoxy) is 2. The van der Waals surface area contributed by atoms with Crippen LogP contribution < -0.4 is 10.2 Å². The smallest absolute Gasteiger partial charge is 0.229 e. The average molecular weight is 333 g/mol. The maximum absolute atomic E-state index is 12.2. The molecular formula is C16H19N3O3S. The molecule has 3 heterocycles. The minimum Gasteiger partial charge on any atom is -0.381 e. The van der Waals surface area contributed by atoms with Crippen molar-refractivity contribution in [2.45, 2.75) is 6.42 Å². The van der Waals surface area contributed by atoms with Gasteiger partial charge in [-0.15, -0.1) is 0 Å². The number of hydrogen-bond acceptors (Lipinski definition) is 6. The molecule has 0 saturated carbocycles. The van der Waals surface area contributed by atoms with Crippen LogP contribution >= 0.6 is 11.3 Å². The predicted molar refractivity (Wildman–Crippen MR) is 90.2 cm³/mol. The van der Waals surface area contributed by atoms with E-state index in [-0.39, 0.29) is 11.8 Å². The van der Waals surface area contributed by atoms with E-state index in [1.165, 1.54) is 0 Å². The van der Waals surface area contributed by atoms with Gasteiger partial charge in [0.05, 0.1) is 36.0 Å². The van der Waals surface area contributed by atoms with Crippen molar-refractivity contribution in [1.29, 1.82) is 0 Å². The van der Waals surface area contributed by atoms with Crippen LogP contribution in [0, 0.1) is 5.92 Å². The normalized spacial score (nSPS) is 21.7. The zero-order valence-corrected chi connectivity index (χ0v) is 13.6. The highest BCUT2D eigenvalue weighted by Crippen LogP contribution is 2.31. The molecule has 6 nitrogen and oxygen atoms in total. The van der Waals surface area contributed by atoms with E-state index in [1.54, 1.807) is 11.3 Å². The Morgan fingerprint density at radius 2 is 2.13 bits per heavy atom. The molecule has 1 atom stereocenters. The number of benzene rings is 1. The molecule has 2 aromatic rings. The van der Waals surface area contributed by atoms with Gasteiger partial charge in [-0.1, -0.05) is 11.3 Å². The number of hydrogen-bond donors (Lipinski definition) is 1. The number of aromatic nitrogens is 1. The molecule has 4 rings (SSSR count). The van der Waals surface area contributed by atoms with Crippen LogP contribution in [0.25, 0.3) is 10.2 Å². The number of anilines is 2. The van der Waals surface area contributed by atoms with Crippen LogP contribution in [0.1, 0.15) is 6.42 Å². The van der Waals surface area contributed by atoms with Crippen LogP contribution in [0.5, 0.6) is 0 Å². The van der Waals surface area contributed by atoms with Crippen LogP contribution in [0.2, 0.25) is 0 Å². The second-order valence-corrected chi connectivity index (χ2v) is 6.84. The van der Waals surface area contributed by atoms with Gasteiger partial charge in [-0.2, -0.15) is 0 Å². The first kappa shape index (κ1) is 14.9. The largest absolute Gasteiger partial charge is 0.381 e. The number of fused-ring (bicyclic) bond motifs is 1. The van der Waals surface area contributed by atoms with Gasteiger partial charge in [0, 0.05) is 25.4 Å². The van der Waals surface area contributed by atoms with Crippen molar-refractivity contribution in [3.05, 3.63) is 18.2 Å². The lowest BCUT2D eigenvalue weighted by molar-refractivity contribution is -0.119. The van der Waals surface area contributed by atoms with E-state index in [9.17, 15) is 4.79 Å². The zero-order valence-electron chi connectivity index (χ0n) is 12.8. The Morgan fingerprint density at radius 3 is 2.91 bits per heavy atom. The maximum Gasteiger partial charge on any atom is 0.229 e. The molecule has 2 aliphatic heterocycles. The number of nitrogens with one attached hydrogen (secondary N) is 1. The first-order chi connectivity index (χ1) is 11.3. The molecule has 1 aromatic heterocycles. The van der Waals surface area contributed by atoms with Crippen molar-refractivity contribution in [2.75, 3.05) is 49.7 Å². The number of carbonyl (C=O) groups is 1. The molecule has 0 spiro atoms. The van der Waals surface area contributed by atoms with Gasteiger partial charge >= 0.3 is 0 Å². The summed E-state index contributed by atoms with van der Waals surface area (Å²) in [6, 6.07) is 5.89. The number of thiazole rings is 1. The summed E-state index contributed by atoms with van der Waals surface area (Å²) in [6.45, 7) is 4.46.